The Balaban J connectivity index is 1.36. The third-order valence-electron chi connectivity index (χ3n) is 8.50. The number of carbonyl (C=O) groups excluding carboxylic acids is 1. The van der Waals surface area contributed by atoms with Crippen molar-refractivity contribution in [2.45, 2.75) is 76.1 Å². The van der Waals surface area contributed by atoms with Crippen LogP contribution in [0, 0.1) is 5.82 Å². The van der Waals surface area contributed by atoms with Gasteiger partial charge in [0, 0.05) is 54.8 Å². The molecule has 3 unspecified atom stereocenters. The van der Waals surface area contributed by atoms with Crippen LogP contribution in [-0.2, 0) is 27.7 Å². The van der Waals surface area contributed by atoms with Gasteiger partial charge in [-0.05, 0) is 80.0 Å². The van der Waals surface area contributed by atoms with Crippen molar-refractivity contribution in [1.82, 2.24) is 14.6 Å². The number of ether oxygens (including phenoxy) is 1. The van der Waals surface area contributed by atoms with Crippen molar-refractivity contribution in [3.8, 4) is 5.88 Å². The Morgan fingerprint density at radius 3 is 2.61 bits per heavy atom. The molecule has 5 atom stereocenters. The van der Waals surface area contributed by atoms with E-state index in [9.17, 15) is 13.2 Å². The SMILES string of the molecule is CC(C)Oc1ccc([C@H](c2ccc(Cl)cc2)[C@H](N)C(=O)Cc2cccc(F)c2CCC2CNC3CCCS(=O)(=O)N2C3)cn1. The number of piperazine rings is 1. The van der Waals surface area contributed by atoms with Crippen LogP contribution in [0.5, 0.6) is 5.88 Å². The number of nitrogens with one attached hydrogen (secondary N) is 1. The summed E-state index contributed by atoms with van der Waals surface area (Å²) in [5, 5.41) is 4.02. The molecule has 5 rings (SSSR count). The van der Waals surface area contributed by atoms with Crippen LogP contribution in [0.25, 0.3) is 0 Å². The third-order valence-corrected chi connectivity index (χ3v) is 10.7. The van der Waals surface area contributed by atoms with Crippen LogP contribution < -0.4 is 15.8 Å². The van der Waals surface area contributed by atoms with Crippen LogP contribution in [-0.4, -0.2) is 66.6 Å². The molecule has 236 valence electrons. The first-order chi connectivity index (χ1) is 21.0. The monoisotopic (exact) mass is 642 g/mol. The lowest BCUT2D eigenvalue weighted by Gasteiger charge is -2.37. The van der Waals surface area contributed by atoms with Crippen LogP contribution in [0.4, 0.5) is 4.39 Å². The van der Waals surface area contributed by atoms with E-state index in [1.165, 1.54) is 6.07 Å². The number of hydrogen-bond donors (Lipinski definition) is 2. The molecule has 11 heteroatoms. The van der Waals surface area contributed by atoms with E-state index < -0.39 is 27.8 Å². The first-order valence-electron chi connectivity index (χ1n) is 15.2. The van der Waals surface area contributed by atoms with E-state index in [1.54, 1.807) is 40.8 Å². The third kappa shape index (κ3) is 7.66. The second kappa shape index (κ2) is 14.0. The van der Waals surface area contributed by atoms with E-state index in [4.69, 9.17) is 22.1 Å². The summed E-state index contributed by atoms with van der Waals surface area (Å²) in [6.45, 7) is 4.80. The van der Waals surface area contributed by atoms with Crippen LogP contribution in [0.2, 0.25) is 5.02 Å². The molecule has 2 aliphatic heterocycles. The van der Waals surface area contributed by atoms with E-state index in [0.29, 0.717) is 54.4 Å². The fourth-order valence-electron chi connectivity index (χ4n) is 6.26. The minimum atomic E-state index is -3.36. The number of sulfonamides is 1. The van der Waals surface area contributed by atoms with E-state index >= 15 is 4.39 Å². The summed E-state index contributed by atoms with van der Waals surface area (Å²) in [5.74, 6) is -0.581. The summed E-state index contributed by atoms with van der Waals surface area (Å²) in [7, 11) is -3.36. The Hall–Kier alpha value is -2.89. The van der Waals surface area contributed by atoms with Gasteiger partial charge in [0.1, 0.15) is 5.82 Å². The molecule has 44 heavy (non-hydrogen) atoms. The molecule has 0 amide bonds. The second-order valence-electron chi connectivity index (χ2n) is 12.0. The highest BCUT2D eigenvalue weighted by molar-refractivity contribution is 7.89. The molecule has 0 spiro atoms. The lowest BCUT2D eigenvalue weighted by atomic mass is 9.82. The molecule has 8 nitrogen and oxygen atoms in total. The highest BCUT2D eigenvalue weighted by Crippen LogP contribution is 2.31. The van der Waals surface area contributed by atoms with Gasteiger partial charge in [0.25, 0.3) is 0 Å². The number of ketones is 1. The molecule has 2 aliphatic rings. The highest BCUT2D eigenvalue weighted by atomic mass is 35.5. The van der Waals surface area contributed by atoms with Gasteiger partial charge >= 0.3 is 0 Å². The van der Waals surface area contributed by atoms with Gasteiger partial charge in [-0.1, -0.05) is 41.9 Å². The van der Waals surface area contributed by atoms with Crippen molar-refractivity contribution < 1.29 is 22.3 Å². The molecule has 3 aromatic rings. The fraction of sp³-hybridized carbons (Fsp3) is 0.455. The van der Waals surface area contributed by atoms with Gasteiger partial charge in [-0.2, -0.15) is 4.31 Å². The number of hydrogen-bond acceptors (Lipinski definition) is 7. The standard InChI is InChI=1S/C33H40ClFN4O4S/c1-21(2)43-31-15-10-24(18-38-31)32(22-8-11-25(34)12-9-22)33(36)30(40)17-23-5-3-7-29(35)28(23)14-13-27-19-37-26-6-4-16-44(41,42)39(27)20-26/h3,5,7-12,15,18,21,26-27,32-33,37H,4,6,13-14,16-17,19-20,36H2,1-2H3/t26?,27?,32-,33+/m0/s1. The maximum absolute atomic E-state index is 15.3. The van der Waals surface area contributed by atoms with Crippen LogP contribution in [0.3, 0.4) is 0 Å². The van der Waals surface area contributed by atoms with Gasteiger partial charge in [-0.25, -0.2) is 17.8 Å². The molecule has 2 bridgehead atoms. The summed E-state index contributed by atoms with van der Waals surface area (Å²) in [6, 6.07) is 14.4. The average Bonchev–Trinajstić information content (AvgIpc) is 3.10. The van der Waals surface area contributed by atoms with Crippen molar-refractivity contribution in [2.75, 3.05) is 18.8 Å². The molecular weight excluding hydrogens is 603 g/mol. The van der Waals surface area contributed by atoms with E-state index in [-0.39, 0.29) is 36.1 Å². The van der Waals surface area contributed by atoms with E-state index in [2.05, 4.69) is 10.3 Å². The topological polar surface area (TPSA) is 115 Å². The Bertz CT molecular complexity index is 1550. The van der Waals surface area contributed by atoms with Crippen molar-refractivity contribution in [1.29, 1.82) is 0 Å². The summed E-state index contributed by atoms with van der Waals surface area (Å²) in [6.07, 6.45) is 3.76. The number of benzene rings is 2. The smallest absolute Gasteiger partial charge is 0.214 e. The zero-order chi connectivity index (χ0) is 31.4. The number of pyridine rings is 1. The largest absolute Gasteiger partial charge is 0.475 e. The van der Waals surface area contributed by atoms with Gasteiger partial charge in [0.05, 0.1) is 17.9 Å². The molecule has 1 aromatic heterocycles. The molecule has 3 N–H and O–H groups in total. The fourth-order valence-corrected chi connectivity index (χ4v) is 8.19. The Morgan fingerprint density at radius 1 is 1.16 bits per heavy atom. The van der Waals surface area contributed by atoms with Crippen LogP contribution >= 0.6 is 11.6 Å². The Labute approximate surface area is 264 Å². The summed E-state index contributed by atoms with van der Waals surface area (Å²) < 4.78 is 48.4. The molecule has 2 saturated heterocycles. The molecule has 0 aliphatic carbocycles. The molecule has 3 heterocycles. The van der Waals surface area contributed by atoms with E-state index in [0.717, 1.165) is 17.5 Å². The normalized spacial score (nSPS) is 22.6. The number of nitrogens with zero attached hydrogens (tertiary/aromatic N) is 2. The summed E-state index contributed by atoms with van der Waals surface area (Å²) in [4.78, 5) is 18.2. The van der Waals surface area contributed by atoms with Gasteiger partial charge in [-0.15, -0.1) is 0 Å². The predicted octanol–water partition coefficient (Wildman–Crippen LogP) is 4.63. The van der Waals surface area contributed by atoms with Gasteiger partial charge in [-0.3, -0.25) is 4.79 Å². The summed E-state index contributed by atoms with van der Waals surface area (Å²) >= 11 is 6.15. The lowest BCUT2D eigenvalue weighted by Crippen LogP contribution is -2.57. The first-order valence-corrected chi connectivity index (χ1v) is 17.2. The van der Waals surface area contributed by atoms with Gasteiger partial charge in [0.2, 0.25) is 15.9 Å². The van der Waals surface area contributed by atoms with Crippen LogP contribution in [0.15, 0.2) is 60.8 Å². The number of halogens is 2. The number of aromatic nitrogens is 1. The zero-order valence-electron chi connectivity index (χ0n) is 25.1. The Morgan fingerprint density at radius 2 is 1.91 bits per heavy atom. The number of rotatable bonds is 11. The summed E-state index contributed by atoms with van der Waals surface area (Å²) in [5.41, 5.74) is 9.21. The number of Topliss-reactive ketones (excluding diaryl/α,β-unsaturated/α-hetero) is 1. The van der Waals surface area contributed by atoms with Crippen molar-refractivity contribution in [2.24, 2.45) is 5.73 Å². The van der Waals surface area contributed by atoms with E-state index in [1.807, 2.05) is 32.0 Å². The maximum Gasteiger partial charge on any atom is 0.214 e. The first kappa shape index (κ1) is 32.5. The zero-order valence-corrected chi connectivity index (χ0v) is 26.7. The number of carbonyl (C=O) groups is 1. The minimum absolute atomic E-state index is 0.0373. The van der Waals surface area contributed by atoms with Gasteiger partial charge in [0.15, 0.2) is 5.78 Å². The number of fused-ring (bicyclic) bond motifs is 2. The highest BCUT2D eigenvalue weighted by Gasteiger charge is 2.38. The molecule has 2 aromatic carbocycles. The van der Waals surface area contributed by atoms with Gasteiger partial charge < -0.3 is 15.8 Å². The quantitative estimate of drug-likeness (QED) is 0.313. The van der Waals surface area contributed by atoms with Crippen molar-refractivity contribution in [3.05, 3.63) is 93.9 Å². The Kier molecular flexibility index (Phi) is 10.4. The minimum Gasteiger partial charge on any atom is -0.475 e. The van der Waals surface area contributed by atoms with Crippen molar-refractivity contribution in [3.63, 3.8) is 0 Å². The second-order valence-corrected chi connectivity index (χ2v) is 14.5. The van der Waals surface area contributed by atoms with Crippen molar-refractivity contribution >= 4 is 27.4 Å². The predicted molar refractivity (Wildman–Crippen MR) is 170 cm³/mol. The molecule has 2 fully saturated rings. The average molecular weight is 643 g/mol. The maximum atomic E-state index is 15.3. The van der Waals surface area contributed by atoms with Crippen LogP contribution in [0.1, 0.15) is 61.3 Å². The molecule has 0 saturated carbocycles. The molecule has 0 radical (unpaired) electrons. The lowest BCUT2D eigenvalue weighted by molar-refractivity contribution is -0.119. The molecular formula is C33H40ClFN4O4S. The number of nitrogens with two attached hydrogens (primary N) is 1.